The molecule has 0 aliphatic heterocycles. The Morgan fingerprint density at radius 1 is 0.241 bits per heavy atom. The summed E-state index contributed by atoms with van der Waals surface area (Å²) in [4.78, 5) is 19.2. The molecule has 3 rings (SSSR count). The average molecular weight is 761 g/mol. The molecule has 54 heavy (non-hydrogen) atoms. The predicted molar refractivity (Wildman–Crippen MR) is 239 cm³/mol. The van der Waals surface area contributed by atoms with Gasteiger partial charge in [0.25, 0.3) is 0 Å². The van der Waals surface area contributed by atoms with Crippen molar-refractivity contribution in [1.29, 1.82) is 0 Å². The van der Waals surface area contributed by atoms with Crippen LogP contribution in [0.5, 0.6) is 0 Å². The molecule has 320 valence electrons. The Morgan fingerprint density at radius 2 is 0.278 bits per heavy atom. The lowest BCUT2D eigenvalue weighted by molar-refractivity contribution is -0.133. The second-order valence-electron chi connectivity index (χ2n) is 17.0. The van der Waals surface area contributed by atoms with E-state index < -0.39 is 11.9 Å². The quantitative estimate of drug-likeness (QED) is 0.275. The molecule has 0 saturated heterocycles. The summed E-state index contributed by atoms with van der Waals surface area (Å²) in [5, 5.41) is 15.8. The van der Waals surface area contributed by atoms with Gasteiger partial charge in [-0.05, 0) is 13.8 Å². The van der Waals surface area contributed by atoms with Crippen molar-refractivity contribution in [3.05, 3.63) is 24.3 Å². The standard InChI is InChI=1S/3C14H28.2C4H6O2/c3*1-2-4-6-8-10-12-14-13-11-9-7-5-3-1;2*1-3(2)4(5)6/h3*1-14H2;2*1H2,2H3,(H,5,6). The summed E-state index contributed by atoms with van der Waals surface area (Å²) in [6, 6.07) is 0. The molecule has 0 aromatic heterocycles. The third kappa shape index (κ3) is 52.5. The van der Waals surface area contributed by atoms with Crippen LogP contribution in [0.4, 0.5) is 0 Å². The Bertz CT molecular complexity index is 528. The molecule has 3 aliphatic rings. The van der Waals surface area contributed by atoms with Gasteiger partial charge in [-0.25, -0.2) is 9.59 Å². The molecule has 0 aromatic carbocycles. The summed E-state index contributed by atoms with van der Waals surface area (Å²) >= 11 is 0. The van der Waals surface area contributed by atoms with Crippen molar-refractivity contribution in [3.8, 4) is 0 Å². The summed E-state index contributed by atoms with van der Waals surface area (Å²) in [5.74, 6) is -1.87. The molecular weight excluding hydrogens is 665 g/mol. The molecule has 2 N–H and O–H groups in total. The summed E-state index contributed by atoms with van der Waals surface area (Å²) in [6.45, 7) is 9.20. The Hall–Kier alpha value is -1.58. The fraction of sp³-hybridized carbons (Fsp3) is 0.880. The van der Waals surface area contributed by atoms with Crippen LogP contribution in [0, 0.1) is 0 Å². The van der Waals surface area contributed by atoms with Gasteiger partial charge in [-0.2, -0.15) is 0 Å². The molecule has 0 heterocycles. The van der Waals surface area contributed by atoms with Gasteiger partial charge >= 0.3 is 11.9 Å². The first-order valence-electron chi connectivity index (χ1n) is 24.1. The summed E-state index contributed by atoms with van der Waals surface area (Å²) in [6.07, 6.45) is 63.0. The zero-order valence-corrected chi connectivity index (χ0v) is 36.8. The van der Waals surface area contributed by atoms with Crippen LogP contribution < -0.4 is 0 Å². The van der Waals surface area contributed by atoms with Crippen LogP contribution in [-0.4, -0.2) is 22.2 Å². The molecule has 0 amide bonds. The number of aliphatic carboxylic acids is 2. The zero-order chi connectivity index (χ0) is 40.0. The van der Waals surface area contributed by atoms with Crippen molar-refractivity contribution in [3.63, 3.8) is 0 Å². The lowest BCUT2D eigenvalue weighted by Crippen LogP contribution is -1.92. The molecule has 3 saturated carbocycles. The minimum absolute atomic E-state index is 0.176. The van der Waals surface area contributed by atoms with Crippen molar-refractivity contribution in [2.75, 3.05) is 0 Å². The third-order valence-corrected chi connectivity index (χ3v) is 11.2. The van der Waals surface area contributed by atoms with E-state index in [0.717, 1.165) is 0 Å². The number of hydrogen-bond acceptors (Lipinski definition) is 2. The highest BCUT2D eigenvalue weighted by molar-refractivity contribution is 5.85. The molecule has 0 unspecified atom stereocenters. The minimum Gasteiger partial charge on any atom is -0.478 e. The molecule has 0 radical (unpaired) electrons. The maximum absolute atomic E-state index is 9.60. The van der Waals surface area contributed by atoms with Gasteiger partial charge in [0.1, 0.15) is 0 Å². The first kappa shape index (κ1) is 54.5. The SMILES string of the molecule is C1CCCCCCCCCCCCC1.C1CCCCCCCCCCCCC1.C1CCCCCCCCCCCCC1.C=C(C)C(=O)O.C=C(C)C(=O)O. The Kier molecular flexibility index (Phi) is 48.0. The maximum Gasteiger partial charge on any atom is 0.330 e. The number of hydrogen-bond donors (Lipinski definition) is 2. The first-order chi connectivity index (χ1) is 26.3. The normalized spacial score (nSPS) is 20.3. The molecular formula is C50H96O4. The molecule has 3 aliphatic carbocycles. The first-order valence-corrected chi connectivity index (χ1v) is 24.1. The van der Waals surface area contributed by atoms with Crippen molar-refractivity contribution < 1.29 is 19.8 Å². The average Bonchev–Trinajstić information content (AvgIpc) is 3.15. The van der Waals surface area contributed by atoms with Crippen LogP contribution >= 0.6 is 0 Å². The molecule has 0 atom stereocenters. The van der Waals surface area contributed by atoms with Gasteiger partial charge in [0, 0.05) is 11.1 Å². The second-order valence-corrected chi connectivity index (χ2v) is 17.0. The fourth-order valence-electron chi connectivity index (χ4n) is 7.42. The van der Waals surface area contributed by atoms with Crippen LogP contribution in [0.25, 0.3) is 0 Å². The van der Waals surface area contributed by atoms with E-state index in [4.69, 9.17) is 10.2 Å². The van der Waals surface area contributed by atoms with Gasteiger partial charge in [0.2, 0.25) is 0 Å². The molecule has 0 aromatic rings. The lowest BCUT2D eigenvalue weighted by atomic mass is 10.0. The van der Waals surface area contributed by atoms with Crippen LogP contribution in [0.3, 0.4) is 0 Å². The number of carboxylic acid groups (broad SMARTS) is 2. The predicted octanol–water partition coefficient (Wildman–Crippen LogP) is 17.7. The zero-order valence-electron chi connectivity index (χ0n) is 36.8. The number of carboxylic acids is 2. The topological polar surface area (TPSA) is 74.6 Å². The number of carbonyl (C=O) groups is 2. The monoisotopic (exact) mass is 761 g/mol. The fourth-order valence-corrected chi connectivity index (χ4v) is 7.42. The maximum atomic E-state index is 9.60. The van der Waals surface area contributed by atoms with Crippen molar-refractivity contribution in [2.45, 2.75) is 284 Å². The van der Waals surface area contributed by atoms with Crippen LogP contribution in [-0.2, 0) is 9.59 Å². The lowest BCUT2D eigenvalue weighted by Gasteiger charge is -2.05. The van der Waals surface area contributed by atoms with Crippen LogP contribution in [0.1, 0.15) is 284 Å². The number of rotatable bonds is 2. The Labute approximate surface area is 338 Å². The Morgan fingerprint density at radius 3 is 0.296 bits per heavy atom. The third-order valence-electron chi connectivity index (χ3n) is 11.2. The molecule has 4 nitrogen and oxygen atoms in total. The summed E-state index contributed by atoms with van der Waals surface area (Å²) < 4.78 is 0. The van der Waals surface area contributed by atoms with Crippen LogP contribution in [0.15, 0.2) is 24.3 Å². The van der Waals surface area contributed by atoms with Gasteiger partial charge in [-0.1, -0.05) is 283 Å². The van der Waals surface area contributed by atoms with E-state index in [0.29, 0.717) is 0 Å². The summed E-state index contributed by atoms with van der Waals surface area (Å²) in [7, 11) is 0. The highest BCUT2D eigenvalue weighted by atomic mass is 16.4. The van der Waals surface area contributed by atoms with Gasteiger partial charge in [0.05, 0.1) is 0 Å². The highest BCUT2D eigenvalue weighted by Gasteiger charge is 1.99. The molecule has 4 heteroatoms. The second kappa shape index (κ2) is 47.6. The van der Waals surface area contributed by atoms with E-state index in [9.17, 15) is 9.59 Å². The van der Waals surface area contributed by atoms with E-state index in [2.05, 4.69) is 13.2 Å². The smallest absolute Gasteiger partial charge is 0.330 e. The van der Waals surface area contributed by atoms with Crippen molar-refractivity contribution in [2.24, 2.45) is 0 Å². The molecule has 0 bridgehead atoms. The highest BCUT2D eigenvalue weighted by Crippen LogP contribution is 2.18. The van der Waals surface area contributed by atoms with E-state index >= 15 is 0 Å². The molecule has 3 fully saturated rings. The van der Waals surface area contributed by atoms with E-state index in [1.165, 1.54) is 284 Å². The molecule has 0 spiro atoms. The van der Waals surface area contributed by atoms with E-state index in [-0.39, 0.29) is 11.1 Å². The largest absolute Gasteiger partial charge is 0.478 e. The van der Waals surface area contributed by atoms with E-state index in [1.807, 2.05) is 0 Å². The van der Waals surface area contributed by atoms with Gasteiger partial charge in [-0.3, -0.25) is 0 Å². The van der Waals surface area contributed by atoms with Gasteiger partial charge < -0.3 is 10.2 Å². The van der Waals surface area contributed by atoms with Gasteiger partial charge in [-0.15, -0.1) is 0 Å². The van der Waals surface area contributed by atoms with Crippen LogP contribution in [0.2, 0.25) is 0 Å². The van der Waals surface area contributed by atoms with Gasteiger partial charge in [0.15, 0.2) is 0 Å². The van der Waals surface area contributed by atoms with E-state index in [1.54, 1.807) is 0 Å². The minimum atomic E-state index is -0.935. The Balaban J connectivity index is 0. The van der Waals surface area contributed by atoms with Crippen molar-refractivity contribution >= 4 is 11.9 Å². The summed E-state index contributed by atoms with van der Waals surface area (Å²) in [5.41, 5.74) is 0.352. The van der Waals surface area contributed by atoms with Crippen molar-refractivity contribution in [1.82, 2.24) is 0 Å².